The molecule has 0 aliphatic heterocycles. The van der Waals surface area contributed by atoms with Gasteiger partial charge in [0.05, 0.1) is 0 Å². The van der Waals surface area contributed by atoms with E-state index in [1.54, 1.807) is 17.0 Å². The minimum atomic E-state index is -0.0261. The van der Waals surface area contributed by atoms with Crippen LogP contribution in [0.3, 0.4) is 0 Å². The Morgan fingerprint density at radius 2 is 2.00 bits per heavy atom. The standard InChI is InChI=1S/C15H28N4O/c1-11(2)10-19-9-7-17-14(15(19)20)18(5)8-6-13(16)12(3)4/h7,9,11-13H,6,8,10,16H2,1-5H3. The SMILES string of the molecule is CC(C)Cn1ccnc(N(C)CCC(N)C(C)C)c1=O. The molecule has 2 N–H and O–H groups in total. The van der Waals surface area contributed by atoms with Crippen molar-refractivity contribution in [3.05, 3.63) is 22.7 Å². The fourth-order valence-corrected chi connectivity index (χ4v) is 2.02. The molecule has 1 heterocycles. The number of nitrogens with two attached hydrogens (primary N) is 1. The molecule has 0 spiro atoms. The lowest BCUT2D eigenvalue weighted by atomic mass is 10.0. The molecule has 20 heavy (non-hydrogen) atoms. The molecule has 1 aromatic rings. The fourth-order valence-electron chi connectivity index (χ4n) is 2.02. The Balaban J connectivity index is 2.78. The van der Waals surface area contributed by atoms with Crippen molar-refractivity contribution in [3.8, 4) is 0 Å². The summed E-state index contributed by atoms with van der Waals surface area (Å²) in [6, 6.07) is 0.152. The van der Waals surface area contributed by atoms with E-state index in [0.717, 1.165) is 13.0 Å². The first-order valence-corrected chi connectivity index (χ1v) is 7.35. The van der Waals surface area contributed by atoms with Gasteiger partial charge in [-0.1, -0.05) is 27.7 Å². The summed E-state index contributed by atoms with van der Waals surface area (Å²) in [4.78, 5) is 18.5. The van der Waals surface area contributed by atoms with E-state index >= 15 is 0 Å². The van der Waals surface area contributed by atoms with Crippen molar-refractivity contribution in [1.29, 1.82) is 0 Å². The molecule has 0 amide bonds. The molecular formula is C15H28N4O. The minimum absolute atomic E-state index is 0.0261. The van der Waals surface area contributed by atoms with Gasteiger partial charge in [-0.3, -0.25) is 4.79 Å². The average molecular weight is 280 g/mol. The zero-order valence-electron chi connectivity index (χ0n) is 13.3. The molecular weight excluding hydrogens is 252 g/mol. The van der Waals surface area contributed by atoms with Gasteiger partial charge in [-0.15, -0.1) is 0 Å². The number of rotatable bonds is 7. The molecule has 1 unspecified atom stereocenters. The molecule has 0 saturated carbocycles. The largest absolute Gasteiger partial charge is 0.355 e. The van der Waals surface area contributed by atoms with Gasteiger partial charge in [0.25, 0.3) is 5.56 Å². The van der Waals surface area contributed by atoms with E-state index < -0.39 is 0 Å². The van der Waals surface area contributed by atoms with Crippen molar-refractivity contribution in [2.75, 3.05) is 18.5 Å². The molecule has 0 aliphatic rings. The van der Waals surface area contributed by atoms with Crippen molar-refractivity contribution in [2.24, 2.45) is 17.6 Å². The average Bonchev–Trinajstić information content (AvgIpc) is 2.37. The van der Waals surface area contributed by atoms with Gasteiger partial charge in [0, 0.05) is 38.6 Å². The summed E-state index contributed by atoms with van der Waals surface area (Å²) < 4.78 is 1.73. The van der Waals surface area contributed by atoms with Crippen LogP contribution in [-0.4, -0.2) is 29.2 Å². The van der Waals surface area contributed by atoms with E-state index in [-0.39, 0.29) is 11.6 Å². The molecule has 5 nitrogen and oxygen atoms in total. The van der Waals surface area contributed by atoms with Gasteiger partial charge in [-0.25, -0.2) is 4.98 Å². The zero-order valence-corrected chi connectivity index (χ0v) is 13.3. The Morgan fingerprint density at radius 3 is 2.55 bits per heavy atom. The van der Waals surface area contributed by atoms with E-state index in [0.29, 0.717) is 24.2 Å². The van der Waals surface area contributed by atoms with E-state index in [4.69, 9.17) is 5.73 Å². The summed E-state index contributed by atoms with van der Waals surface area (Å²) in [5.41, 5.74) is 6.02. The molecule has 1 rings (SSSR count). The van der Waals surface area contributed by atoms with Gasteiger partial charge in [-0.05, 0) is 18.3 Å². The molecule has 5 heteroatoms. The second-order valence-corrected chi connectivity index (χ2v) is 6.22. The van der Waals surface area contributed by atoms with Gasteiger partial charge in [0.1, 0.15) is 0 Å². The monoisotopic (exact) mass is 280 g/mol. The maximum absolute atomic E-state index is 12.4. The lowest BCUT2D eigenvalue weighted by molar-refractivity contribution is 0.464. The van der Waals surface area contributed by atoms with Gasteiger partial charge in [0.2, 0.25) is 0 Å². The van der Waals surface area contributed by atoms with Crippen LogP contribution >= 0.6 is 0 Å². The van der Waals surface area contributed by atoms with Gasteiger partial charge >= 0.3 is 0 Å². The van der Waals surface area contributed by atoms with Crippen molar-refractivity contribution >= 4 is 5.82 Å². The third-order valence-electron chi connectivity index (χ3n) is 3.47. The number of hydrogen-bond acceptors (Lipinski definition) is 4. The Kier molecular flexibility index (Phi) is 6.20. The highest BCUT2D eigenvalue weighted by molar-refractivity contribution is 5.34. The van der Waals surface area contributed by atoms with E-state index in [1.807, 2.05) is 11.9 Å². The normalized spacial score (nSPS) is 13.0. The summed E-state index contributed by atoms with van der Waals surface area (Å²) in [5, 5.41) is 0. The number of hydrogen-bond donors (Lipinski definition) is 1. The first kappa shape index (κ1) is 16.7. The maximum Gasteiger partial charge on any atom is 0.293 e. The lowest BCUT2D eigenvalue weighted by Gasteiger charge is -2.22. The molecule has 0 fully saturated rings. The van der Waals surface area contributed by atoms with E-state index in [2.05, 4.69) is 32.7 Å². The van der Waals surface area contributed by atoms with Gasteiger partial charge in [-0.2, -0.15) is 0 Å². The Morgan fingerprint density at radius 1 is 1.35 bits per heavy atom. The van der Waals surface area contributed by atoms with Crippen molar-refractivity contribution in [3.63, 3.8) is 0 Å². The van der Waals surface area contributed by atoms with Crippen LogP contribution in [0.15, 0.2) is 17.2 Å². The predicted octanol–water partition coefficient (Wildman–Crippen LogP) is 1.71. The van der Waals surface area contributed by atoms with Gasteiger partial charge in [0.15, 0.2) is 5.82 Å². The smallest absolute Gasteiger partial charge is 0.293 e. The molecule has 0 radical (unpaired) electrons. The van der Waals surface area contributed by atoms with Crippen LogP contribution in [0.1, 0.15) is 34.1 Å². The van der Waals surface area contributed by atoms with Crippen molar-refractivity contribution in [1.82, 2.24) is 9.55 Å². The summed E-state index contributed by atoms with van der Waals surface area (Å²) in [6.07, 6.45) is 4.30. The lowest BCUT2D eigenvalue weighted by Crippen LogP contribution is -2.35. The van der Waals surface area contributed by atoms with Crippen molar-refractivity contribution in [2.45, 2.75) is 46.7 Å². The minimum Gasteiger partial charge on any atom is -0.355 e. The number of anilines is 1. The zero-order chi connectivity index (χ0) is 15.3. The van der Waals surface area contributed by atoms with Crippen LogP contribution < -0.4 is 16.2 Å². The second kappa shape index (κ2) is 7.43. The summed E-state index contributed by atoms with van der Waals surface area (Å²) >= 11 is 0. The highest BCUT2D eigenvalue weighted by Crippen LogP contribution is 2.07. The summed E-state index contributed by atoms with van der Waals surface area (Å²) in [6.45, 7) is 9.87. The maximum atomic E-state index is 12.4. The highest BCUT2D eigenvalue weighted by atomic mass is 16.1. The Bertz CT molecular complexity index is 467. The van der Waals surface area contributed by atoms with Crippen LogP contribution in [0.25, 0.3) is 0 Å². The van der Waals surface area contributed by atoms with Crippen LogP contribution in [0.2, 0.25) is 0 Å². The predicted molar refractivity (Wildman–Crippen MR) is 84.0 cm³/mol. The quantitative estimate of drug-likeness (QED) is 0.826. The third-order valence-corrected chi connectivity index (χ3v) is 3.47. The topological polar surface area (TPSA) is 64.2 Å². The third kappa shape index (κ3) is 4.63. The van der Waals surface area contributed by atoms with Crippen LogP contribution in [0, 0.1) is 11.8 Å². The summed E-state index contributed by atoms with van der Waals surface area (Å²) in [7, 11) is 1.90. The van der Waals surface area contributed by atoms with Crippen LogP contribution in [-0.2, 0) is 6.54 Å². The highest BCUT2D eigenvalue weighted by Gasteiger charge is 2.13. The van der Waals surface area contributed by atoms with E-state index in [9.17, 15) is 4.79 Å². The van der Waals surface area contributed by atoms with Gasteiger partial charge < -0.3 is 15.2 Å². The molecule has 0 aromatic carbocycles. The van der Waals surface area contributed by atoms with Crippen LogP contribution in [0.5, 0.6) is 0 Å². The Labute approximate surface area is 121 Å². The van der Waals surface area contributed by atoms with Crippen molar-refractivity contribution < 1.29 is 0 Å². The molecule has 114 valence electrons. The first-order valence-electron chi connectivity index (χ1n) is 7.35. The van der Waals surface area contributed by atoms with E-state index in [1.165, 1.54) is 0 Å². The summed E-state index contributed by atoms with van der Waals surface area (Å²) in [5.74, 6) is 1.39. The molecule has 1 aromatic heterocycles. The second-order valence-electron chi connectivity index (χ2n) is 6.22. The number of aromatic nitrogens is 2. The number of nitrogens with zero attached hydrogens (tertiary/aromatic N) is 3. The molecule has 0 bridgehead atoms. The molecule has 1 atom stereocenters. The molecule has 0 saturated heterocycles. The Hall–Kier alpha value is -1.36. The fraction of sp³-hybridized carbons (Fsp3) is 0.733. The first-order chi connectivity index (χ1) is 9.32. The molecule has 0 aliphatic carbocycles. The van der Waals surface area contributed by atoms with Crippen LogP contribution in [0.4, 0.5) is 5.82 Å².